The molecule has 0 fully saturated rings. The third-order valence-electron chi connectivity index (χ3n) is 3.76. The molecule has 0 aliphatic rings. The van der Waals surface area contributed by atoms with Gasteiger partial charge in [-0.25, -0.2) is 4.79 Å². The second kappa shape index (κ2) is 5.87. The molecule has 21 heavy (non-hydrogen) atoms. The van der Waals surface area contributed by atoms with Gasteiger partial charge in [0.2, 0.25) is 0 Å². The van der Waals surface area contributed by atoms with Crippen LogP contribution in [-0.4, -0.2) is 31.0 Å². The fraction of sp³-hybridized carbons (Fsp3) is 0.438. The number of benzene rings is 1. The minimum absolute atomic E-state index is 0.374. The summed E-state index contributed by atoms with van der Waals surface area (Å²) < 4.78 is 15.8. The van der Waals surface area contributed by atoms with Gasteiger partial charge in [-0.05, 0) is 31.5 Å². The summed E-state index contributed by atoms with van der Waals surface area (Å²) in [5.74, 6) is 0.572. The third-order valence-corrected chi connectivity index (χ3v) is 3.76. The smallest absolute Gasteiger partial charge is 0.336 e. The lowest BCUT2D eigenvalue weighted by Gasteiger charge is -2.29. The van der Waals surface area contributed by atoms with Crippen molar-refractivity contribution in [2.75, 3.05) is 14.2 Å². The summed E-state index contributed by atoms with van der Waals surface area (Å²) in [6.45, 7) is 3.65. The van der Waals surface area contributed by atoms with E-state index in [4.69, 9.17) is 13.9 Å². The predicted molar refractivity (Wildman–Crippen MR) is 79.8 cm³/mol. The average Bonchev–Trinajstić information content (AvgIpc) is 2.46. The monoisotopic (exact) mass is 292 g/mol. The van der Waals surface area contributed by atoms with Crippen molar-refractivity contribution in [1.29, 1.82) is 0 Å². The second-order valence-corrected chi connectivity index (χ2v) is 5.48. The quantitative estimate of drug-likeness (QED) is 0.855. The minimum Gasteiger partial charge on any atom is -0.496 e. The highest BCUT2D eigenvalue weighted by Crippen LogP contribution is 2.28. The van der Waals surface area contributed by atoms with Crippen molar-refractivity contribution in [3.8, 4) is 5.75 Å². The molecule has 0 amide bonds. The van der Waals surface area contributed by atoms with Gasteiger partial charge in [0.15, 0.2) is 0 Å². The van der Waals surface area contributed by atoms with Gasteiger partial charge in [-0.1, -0.05) is 0 Å². The van der Waals surface area contributed by atoms with Crippen LogP contribution in [0.2, 0.25) is 0 Å². The second-order valence-electron chi connectivity index (χ2n) is 5.48. The van der Waals surface area contributed by atoms with Gasteiger partial charge < -0.3 is 19.0 Å². The lowest BCUT2D eigenvalue weighted by molar-refractivity contribution is -0.0766. The van der Waals surface area contributed by atoms with Crippen LogP contribution in [0.25, 0.3) is 11.0 Å². The Morgan fingerprint density at radius 3 is 2.62 bits per heavy atom. The van der Waals surface area contributed by atoms with Crippen molar-refractivity contribution < 1.29 is 19.0 Å². The molecule has 1 N–H and O–H groups in total. The van der Waals surface area contributed by atoms with Crippen LogP contribution in [0.5, 0.6) is 5.75 Å². The Morgan fingerprint density at radius 1 is 1.29 bits per heavy atom. The van der Waals surface area contributed by atoms with E-state index < -0.39 is 17.3 Å². The van der Waals surface area contributed by atoms with Gasteiger partial charge in [-0.15, -0.1) is 0 Å². The van der Waals surface area contributed by atoms with Gasteiger partial charge in [0, 0.05) is 31.0 Å². The number of rotatable bonds is 5. The third kappa shape index (κ3) is 3.25. The highest BCUT2D eigenvalue weighted by molar-refractivity contribution is 5.79. The summed E-state index contributed by atoms with van der Waals surface area (Å²) in [6.07, 6.45) is -0.316. The number of aliphatic hydroxyl groups is 1. The molecule has 0 saturated carbocycles. The molecule has 5 nitrogen and oxygen atoms in total. The van der Waals surface area contributed by atoms with Crippen molar-refractivity contribution >= 4 is 11.0 Å². The molecular weight excluding hydrogens is 272 g/mol. The molecular formula is C16H20O5. The standard InChI is InChI=1S/C16H20O5/c1-16(2,20-4)14(17)8-11-7-10-5-6-15(18)21-13(10)9-12(11)19-3/h5-7,9,14,17H,8H2,1-4H3. The Labute approximate surface area is 123 Å². The molecule has 1 atom stereocenters. The van der Waals surface area contributed by atoms with E-state index in [0.717, 1.165) is 10.9 Å². The number of ether oxygens (including phenoxy) is 2. The molecule has 5 heteroatoms. The molecule has 2 rings (SSSR count). The van der Waals surface area contributed by atoms with Gasteiger partial charge in [0.05, 0.1) is 18.8 Å². The van der Waals surface area contributed by atoms with Crippen LogP contribution in [0.1, 0.15) is 19.4 Å². The van der Waals surface area contributed by atoms with Gasteiger partial charge in [0.25, 0.3) is 0 Å². The number of methoxy groups -OCH3 is 2. The topological polar surface area (TPSA) is 68.9 Å². The van der Waals surface area contributed by atoms with Gasteiger partial charge in [-0.2, -0.15) is 0 Å². The van der Waals surface area contributed by atoms with Crippen LogP contribution in [0.4, 0.5) is 0 Å². The van der Waals surface area contributed by atoms with E-state index in [1.807, 2.05) is 19.9 Å². The molecule has 1 unspecified atom stereocenters. The molecule has 0 spiro atoms. The zero-order valence-corrected chi connectivity index (χ0v) is 12.7. The average molecular weight is 292 g/mol. The van der Waals surface area contributed by atoms with Crippen LogP contribution in [0.3, 0.4) is 0 Å². The van der Waals surface area contributed by atoms with Crippen LogP contribution in [0, 0.1) is 0 Å². The van der Waals surface area contributed by atoms with Crippen molar-refractivity contribution in [2.24, 2.45) is 0 Å². The molecule has 114 valence electrons. The van der Waals surface area contributed by atoms with E-state index in [1.54, 1.807) is 26.4 Å². The maximum Gasteiger partial charge on any atom is 0.336 e. The highest BCUT2D eigenvalue weighted by Gasteiger charge is 2.28. The number of fused-ring (bicyclic) bond motifs is 1. The molecule has 1 aromatic heterocycles. The van der Waals surface area contributed by atoms with E-state index >= 15 is 0 Å². The summed E-state index contributed by atoms with van der Waals surface area (Å²) in [4.78, 5) is 11.3. The molecule has 0 radical (unpaired) electrons. The molecule has 1 heterocycles. The molecule has 0 aliphatic carbocycles. The Hall–Kier alpha value is -1.85. The van der Waals surface area contributed by atoms with Crippen LogP contribution >= 0.6 is 0 Å². The number of hydrogen-bond acceptors (Lipinski definition) is 5. The van der Waals surface area contributed by atoms with Crippen molar-refractivity contribution in [1.82, 2.24) is 0 Å². The Kier molecular flexibility index (Phi) is 4.34. The first kappa shape index (κ1) is 15.5. The first-order valence-corrected chi connectivity index (χ1v) is 6.71. The lowest BCUT2D eigenvalue weighted by atomic mass is 9.94. The summed E-state index contributed by atoms with van der Waals surface area (Å²) >= 11 is 0. The van der Waals surface area contributed by atoms with E-state index in [2.05, 4.69) is 0 Å². The Balaban J connectivity index is 2.43. The first-order chi connectivity index (χ1) is 9.87. The molecule has 0 aliphatic heterocycles. The van der Waals surface area contributed by atoms with Crippen LogP contribution < -0.4 is 10.4 Å². The lowest BCUT2D eigenvalue weighted by Crippen LogP contribution is -2.39. The Bertz CT molecular complexity index is 687. The van der Waals surface area contributed by atoms with Crippen molar-refractivity contribution in [3.05, 3.63) is 40.2 Å². The molecule has 1 aromatic carbocycles. The van der Waals surface area contributed by atoms with Crippen LogP contribution in [0.15, 0.2) is 33.5 Å². The van der Waals surface area contributed by atoms with Gasteiger partial charge >= 0.3 is 5.63 Å². The maximum absolute atomic E-state index is 11.3. The normalized spacial score (nSPS) is 13.4. The van der Waals surface area contributed by atoms with E-state index in [0.29, 0.717) is 17.8 Å². The highest BCUT2D eigenvalue weighted by atomic mass is 16.5. The SMILES string of the molecule is COc1cc2oc(=O)ccc2cc1CC(O)C(C)(C)OC. The number of aliphatic hydroxyl groups excluding tert-OH is 1. The largest absolute Gasteiger partial charge is 0.496 e. The fourth-order valence-electron chi connectivity index (χ4n) is 2.08. The maximum atomic E-state index is 11.3. The minimum atomic E-state index is -0.690. The first-order valence-electron chi connectivity index (χ1n) is 6.71. The summed E-state index contributed by atoms with van der Waals surface area (Å²) in [5, 5.41) is 11.1. The van der Waals surface area contributed by atoms with Crippen molar-refractivity contribution in [2.45, 2.75) is 32.0 Å². The summed E-state index contributed by atoms with van der Waals surface area (Å²) in [5.41, 5.74) is 0.223. The van der Waals surface area contributed by atoms with E-state index in [9.17, 15) is 9.90 Å². The van der Waals surface area contributed by atoms with Gasteiger partial charge in [-0.3, -0.25) is 0 Å². The van der Waals surface area contributed by atoms with Crippen molar-refractivity contribution in [3.63, 3.8) is 0 Å². The Morgan fingerprint density at radius 2 is 2.00 bits per heavy atom. The summed E-state index contributed by atoms with van der Waals surface area (Å²) in [6, 6.07) is 6.58. The zero-order valence-electron chi connectivity index (χ0n) is 12.7. The fourth-order valence-corrected chi connectivity index (χ4v) is 2.08. The molecule has 0 bridgehead atoms. The van der Waals surface area contributed by atoms with E-state index in [-0.39, 0.29) is 0 Å². The molecule has 0 saturated heterocycles. The van der Waals surface area contributed by atoms with Gasteiger partial charge in [0.1, 0.15) is 11.3 Å². The summed E-state index contributed by atoms with van der Waals surface area (Å²) in [7, 11) is 3.11. The van der Waals surface area contributed by atoms with Crippen LogP contribution in [-0.2, 0) is 11.2 Å². The predicted octanol–water partition coefficient (Wildman–Crippen LogP) is 2.13. The van der Waals surface area contributed by atoms with E-state index in [1.165, 1.54) is 6.07 Å². The molecule has 2 aromatic rings. The number of hydrogen-bond donors (Lipinski definition) is 1. The zero-order chi connectivity index (χ0) is 15.6.